The van der Waals surface area contributed by atoms with Crippen LogP contribution in [0.1, 0.15) is 281 Å². The molecular weight excluding hydrogens is 881 g/mol. The van der Waals surface area contributed by atoms with Crippen LogP contribution in [-0.4, -0.2) is 0 Å². The standard InChI is InChI=1S/C68H104O4/c1-5-9-13-17-21-25-29-33-37-41-57-45-61-53-62(46-57)70-64-48-59(43-39-35-31-27-23-19-15-11-7-3)50-66(55-64)72-68-52-60(44-40-36-32-28-24-20-16-12-8-4)51-67(56-68)71-65-49-58(47-63(54-65)69-61)42-38-34-30-26-22-18-14-10-6-2/h45-56H,5-44H2,1-4H3. The van der Waals surface area contributed by atoms with Gasteiger partial charge in [-0.3, -0.25) is 0 Å². The van der Waals surface area contributed by atoms with Crippen molar-refractivity contribution in [1.82, 2.24) is 0 Å². The van der Waals surface area contributed by atoms with Gasteiger partial charge in [-0.05, 0) is 122 Å². The zero-order valence-corrected chi connectivity index (χ0v) is 46.8. The molecule has 0 unspecified atom stereocenters. The van der Waals surface area contributed by atoms with Gasteiger partial charge in [-0.25, -0.2) is 0 Å². The van der Waals surface area contributed by atoms with Crippen molar-refractivity contribution in [3.8, 4) is 46.0 Å². The molecule has 1 aliphatic rings. The number of hydrogen-bond donors (Lipinski definition) is 0. The molecule has 0 N–H and O–H groups in total. The van der Waals surface area contributed by atoms with E-state index < -0.39 is 0 Å². The fraction of sp³-hybridized carbons (Fsp3) is 0.647. The van der Waals surface area contributed by atoms with Crippen molar-refractivity contribution in [2.75, 3.05) is 0 Å². The molecule has 4 heteroatoms. The summed E-state index contributed by atoms with van der Waals surface area (Å²) in [7, 11) is 0. The lowest BCUT2D eigenvalue weighted by Gasteiger charge is -2.17. The minimum atomic E-state index is 0.809. The second-order valence-corrected chi connectivity index (χ2v) is 22.0. The maximum atomic E-state index is 6.92. The summed E-state index contributed by atoms with van der Waals surface area (Å²) in [6, 6.07) is 26.2. The van der Waals surface area contributed by atoms with E-state index in [1.165, 1.54) is 228 Å². The summed E-state index contributed by atoms with van der Waals surface area (Å²) in [5.74, 6) is 6.48. The molecule has 5 rings (SSSR count). The molecule has 400 valence electrons. The molecule has 1 heterocycles. The first-order chi connectivity index (χ1) is 35.5. The fourth-order valence-electron chi connectivity index (χ4n) is 10.7. The van der Waals surface area contributed by atoms with Crippen LogP contribution >= 0.6 is 0 Å². The van der Waals surface area contributed by atoms with Crippen LogP contribution in [0.25, 0.3) is 0 Å². The van der Waals surface area contributed by atoms with Crippen LogP contribution in [-0.2, 0) is 25.7 Å². The Labute approximate surface area is 442 Å². The van der Waals surface area contributed by atoms with Gasteiger partial charge in [0.15, 0.2) is 0 Å². The normalized spacial score (nSPS) is 12.1. The van der Waals surface area contributed by atoms with Crippen LogP contribution in [0.2, 0.25) is 0 Å². The number of rotatable bonds is 40. The summed E-state index contributed by atoms with van der Waals surface area (Å²) in [4.78, 5) is 0. The predicted molar refractivity (Wildman–Crippen MR) is 310 cm³/mol. The van der Waals surface area contributed by atoms with Crippen molar-refractivity contribution in [1.29, 1.82) is 0 Å². The van der Waals surface area contributed by atoms with Gasteiger partial charge in [0, 0.05) is 24.3 Å². The van der Waals surface area contributed by atoms with Crippen molar-refractivity contribution in [2.24, 2.45) is 0 Å². The highest BCUT2D eigenvalue weighted by atomic mass is 16.5. The minimum absolute atomic E-state index is 0.809. The number of hydrogen-bond acceptors (Lipinski definition) is 4. The molecule has 1 aliphatic heterocycles. The Hall–Kier alpha value is -3.92. The summed E-state index contributed by atoms with van der Waals surface area (Å²) < 4.78 is 27.7. The number of fused-ring (bicyclic) bond motifs is 8. The number of aryl methyl sites for hydroxylation is 4. The quantitative estimate of drug-likeness (QED) is 0.0367. The Morgan fingerprint density at radius 1 is 0.181 bits per heavy atom. The van der Waals surface area contributed by atoms with Gasteiger partial charge in [0.1, 0.15) is 46.0 Å². The van der Waals surface area contributed by atoms with Gasteiger partial charge < -0.3 is 18.9 Å². The zero-order chi connectivity index (χ0) is 50.5. The molecule has 0 fully saturated rings. The van der Waals surface area contributed by atoms with Gasteiger partial charge in [0.05, 0.1) is 0 Å². The molecule has 0 aliphatic carbocycles. The van der Waals surface area contributed by atoms with Crippen LogP contribution in [0.5, 0.6) is 46.0 Å². The van der Waals surface area contributed by atoms with Gasteiger partial charge in [0.25, 0.3) is 0 Å². The highest BCUT2D eigenvalue weighted by Crippen LogP contribution is 2.39. The van der Waals surface area contributed by atoms with E-state index in [9.17, 15) is 0 Å². The fourth-order valence-corrected chi connectivity index (χ4v) is 10.7. The Kier molecular flexibility index (Phi) is 30.9. The van der Waals surface area contributed by atoms with Gasteiger partial charge in [-0.15, -0.1) is 0 Å². The topological polar surface area (TPSA) is 36.9 Å². The number of benzene rings is 4. The Morgan fingerprint density at radius 2 is 0.319 bits per heavy atom. The van der Waals surface area contributed by atoms with E-state index in [4.69, 9.17) is 18.9 Å². The van der Waals surface area contributed by atoms with Crippen LogP contribution in [0, 0.1) is 0 Å². The van der Waals surface area contributed by atoms with E-state index in [1.54, 1.807) is 0 Å². The average Bonchev–Trinajstić information content (AvgIpc) is 3.36. The first-order valence-corrected chi connectivity index (χ1v) is 30.8. The van der Waals surface area contributed by atoms with E-state index in [2.05, 4.69) is 100 Å². The van der Waals surface area contributed by atoms with Gasteiger partial charge in [-0.1, -0.05) is 233 Å². The second-order valence-electron chi connectivity index (χ2n) is 22.0. The lowest BCUT2D eigenvalue weighted by atomic mass is 10.0. The van der Waals surface area contributed by atoms with E-state index in [0.29, 0.717) is 0 Å². The first kappa shape index (κ1) is 59.0. The smallest absolute Gasteiger partial charge is 0.131 e. The van der Waals surface area contributed by atoms with Crippen molar-refractivity contribution in [3.05, 3.63) is 95.1 Å². The highest BCUT2D eigenvalue weighted by molar-refractivity contribution is 5.50. The Bertz CT molecular complexity index is 1630. The summed E-state index contributed by atoms with van der Waals surface area (Å²) in [6.07, 6.45) is 51.4. The zero-order valence-electron chi connectivity index (χ0n) is 46.8. The van der Waals surface area contributed by atoms with E-state index in [0.717, 1.165) is 97.4 Å². The van der Waals surface area contributed by atoms with Crippen molar-refractivity contribution in [3.63, 3.8) is 0 Å². The minimum Gasteiger partial charge on any atom is -0.457 e. The van der Waals surface area contributed by atoms with Gasteiger partial charge >= 0.3 is 0 Å². The Balaban J connectivity index is 1.39. The molecular formula is C68H104O4. The lowest BCUT2D eigenvalue weighted by molar-refractivity contribution is 0.436. The summed E-state index contributed by atoms with van der Waals surface area (Å²) in [6.45, 7) is 9.19. The molecule has 4 nitrogen and oxygen atoms in total. The summed E-state index contributed by atoms with van der Waals surface area (Å²) in [5.41, 5.74) is 5.02. The van der Waals surface area contributed by atoms with Crippen LogP contribution in [0.4, 0.5) is 0 Å². The molecule has 4 aromatic rings. The molecule has 72 heavy (non-hydrogen) atoms. The third-order valence-corrected chi connectivity index (χ3v) is 15.0. The molecule has 0 radical (unpaired) electrons. The van der Waals surface area contributed by atoms with Gasteiger partial charge in [-0.2, -0.15) is 0 Å². The maximum Gasteiger partial charge on any atom is 0.131 e. The molecule has 0 saturated carbocycles. The van der Waals surface area contributed by atoms with E-state index in [1.807, 2.05) is 0 Å². The van der Waals surface area contributed by atoms with Crippen molar-refractivity contribution < 1.29 is 18.9 Å². The van der Waals surface area contributed by atoms with Crippen molar-refractivity contribution in [2.45, 2.75) is 285 Å². The molecule has 0 aromatic heterocycles. The summed E-state index contributed by atoms with van der Waals surface area (Å²) in [5, 5.41) is 0. The van der Waals surface area contributed by atoms with Crippen molar-refractivity contribution >= 4 is 0 Å². The monoisotopic (exact) mass is 985 g/mol. The average molecular weight is 986 g/mol. The maximum absolute atomic E-state index is 6.92. The number of unbranched alkanes of at least 4 members (excludes halogenated alkanes) is 32. The molecule has 0 atom stereocenters. The van der Waals surface area contributed by atoms with Crippen LogP contribution < -0.4 is 18.9 Å². The molecule has 4 aromatic carbocycles. The summed E-state index contributed by atoms with van der Waals surface area (Å²) >= 11 is 0. The largest absolute Gasteiger partial charge is 0.457 e. The molecule has 0 spiro atoms. The van der Waals surface area contributed by atoms with Gasteiger partial charge in [0.2, 0.25) is 0 Å². The number of ether oxygens (including phenoxy) is 4. The molecule has 0 saturated heterocycles. The lowest BCUT2D eigenvalue weighted by Crippen LogP contribution is -1.97. The van der Waals surface area contributed by atoms with E-state index >= 15 is 0 Å². The highest BCUT2D eigenvalue weighted by Gasteiger charge is 2.15. The molecule has 8 bridgehead atoms. The third-order valence-electron chi connectivity index (χ3n) is 15.0. The molecule has 0 amide bonds. The first-order valence-electron chi connectivity index (χ1n) is 30.8. The van der Waals surface area contributed by atoms with E-state index in [-0.39, 0.29) is 0 Å². The second kappa shape index (κ2) is 37.8. The van der Waals surface area contributed by atoms with Crippen LogP contribution in [0.15, 0.2) is 72.8 Å². The Morgan fingerprint density at radius 3 is 0.472 bits per heavy atom. The predicted octanol–water partition coefficient (Wildman–Crippen LogP) is 23.5. The third kappa shape index (κ3) is 25.8. The van der Waals surface area contributed by atoms with Crippen LogP contribution in [0.3, 0.4) is 0 Å². The SMILES string of the molecule is CCCCCCCCCCCc1cc2cc(c1)Oc1cc(CCCCCCCCCCC)cc(c1)Oc1cc(CCCCCCCCCCC)cc(c1)Oc1cc(CCCCCCCCCCC)cc(c1)O2.